The van der Waals surface area contributed by atoms with Crippen molar-refractivity contribution < 1.29 is 22.7 Å². The predicted molar refractivity (Wildman–Crippen MR) is 182 cm³/mol. The Kier molecular flexibility index (Phi) is 15.8. The molecule has 45 heavy (non-hydrogen) atoms. The number of ether oxygens (including phenoxy) is 1. The molecule has 0 bridgehead atoms. The number of hydrogen-bond acceptors (Lipinski definition) is 4. The van der Waals surface area contributed by atoms with Crippen LogP contribution >= 0.6 is 12.2 Å². The molecule has 1 aliphatic rings. The Morgan fingerprint density at radius 3 is 2.33 bits per heavy atom. The number of thiocarbonyl (C=S) groups is 1. The Labute approximate surface area is 270 Å². The molecule has 8 nitrogen and oxygen atoms in total. The highest BCUT2D eigenvalue weighted by Gasteiger charge is 2.30. The first-order valence-electron chi connectivity index (χ1n) is 15.3. The molecule has 1 saturated heterocycles. The SMILES string of the molecule is CCC/C=N\C(=NC)N1CCC(CCNC(=O)NC(=S)Nc2cc(C)ccc2C(C)C)CC1.Cc1ccc(OC(F)(F)F)cc1. The van der Waals surface area contributed by atoms with Crippen molar-refractivity contribution in [3.8, 4) is 5.75 Å². The second-order valence-electron chi connectivity index (χ2n) is 11.3. The van der Waals surface area contributed by atoms with Gasteiger partial charge in [-0.25, -0.2) is 9.79 Å². The first-order valence-corrected chi connectivity index (χ1v) is 15.7. The van der Waals surface area contributed by atoms with Gasteiger partial charge in [0.15, 0.2) is 5.11 Å². The van der Waals surface area contributed by atoms with Gasteiger partial charge in [0.1, 0.15) is 5.75 Å². The first kappa shape index (κ1) is 37.5. The molecule has 0 atom stereocenters. The summed E-state index contributed by atoms with van der Waals surface area (Å²) < 4.78 is 38.5. The van der Waals surface area contributed by atoms with E-state index >= 15 is 0 Å². The Balaban J connectivity index is 0.000000490. The van der Waals surface area contributed by atoms with E-state index in [1.54, 1.807) is 26.1 Å². The zero-order valence-electron chi connectivity index (χ0n) is 27.1. The van der Waals surface area contributed by atoms with Gasteiger partial charge in [0, 0.05) is 38.6 Å². The van der Waals surface area contributed by atoms with Crippen molar-refractivity contribution in [1.29, 1.82) is 0 Å². The van der Waals surface area contributed by atoms with E-state index < -0.39 is 6.36 Å². The van der Waals surface area contributed by atoms with Crippen LogP contribution in [0.15, 0.2) is 52.4 Å². The number of carbonyl (C=O) groups is 1. The van der Waals surface area contributed by atoms with Crippen LogP contribution < -0.4 is 20.7 Å². The van der Waals surface area contributed by atoms with E-state index in [0.29, 0.717) is 23.5 Å². The van der Waals surface area contributed by atoms with Crippen LogP contribution in [0.3, 0.4) is 0 Å². The summed E-state index contributed by atoms with van der Waals surface area (Å²) in [5.74, 6) is 1.59. The van der Waals surface area contributed by atoms with Crippen LogP contribution in [0, 0.1) is 19.8 Å². The predicted octanol–water partition coefficient (Wildman–Crippen LogP) is 7.97. The van der Waals surface area contributed by atoms with Crippen LogP contribution in [-0.2, 0) is 0 Å². The van der Waals surface area contributed by atoms with Gasteiger partial charge in [-0.3, -0.25) is 10.3 Å². The minimum Gasteiger partial charge on any atom is -0.406 e. The lowest BCUT2D eigenvalue weighted by atomic mass is 9.94. The second-order valence-corrected chi connectivity index (χ2v) is 11.7. The molecule has 2 aromatic rings. The number of piperidine rings is 1. The molecule has 2 aromatic carbocycles. The number of alkyl halides is 3. The highest BCUT2D eigenvalue weighted by molar-refractivity contribution is 7.80. The molecule has 0 aromatic heterocycles. The molecule has 0 unspecified atom stereocenters. The fourth-order valence-corrected chi connectivity index (χ4v) is 4.89. The van der Waals surface area contributed by atoms with Gasteiger partial charge < -0.3 is 20.3 Å². The van der Waals surface area contributed by atoms with Crippen LogP contribution in [0.4, 0.5) is 23.7 Å². The molecule has 3 N–H and O–H groups in total. The number of unbranched alkanes of at least 4 members (excludes halogenated alkanes) is 1. The molecule has 0 spiro atoms. The van der Waals surface area contributed by atoms with Gasteiger partial charge in [0.05, 0.1) is 0 Å². The van der Waals surface area contributed by atoms with Gasteiger partial charge in [0.2, 0.25) is 5.96 Å². The quantitative estimate of drug-likeness (QED) is 0.154. The third-order valence-corrected chi connectivity index (χ3v) is 7.32. The molecule has 12 heteroatoms. The lowest BCUT2D eigenvalue weighted by molar-refractivity contribution is -0.274. The summed E-state index contributed by atoms with van der Waals surface area (Å²) in [6.45, 7) is 12.8. The summed E-state index contributed by atoms with van der Waals surface area (Å²) in [6.07, 6.45) is 2.54. The smallest absolute Gasteiger partial charge is 0.406 e. The molecule has 2 amide bonds. The molecule has 1 fully saturated rings. The molecule has 0 aliphatic carbocycles. The van der Waals surface area contributed by atoms with Crippen molar-refractivity contribution in [3.05, 3.63) is 59.2 Å². The zero-order valence-corrected chi connectivity index (χ0v) is 27.9. The van der Waals surface area contributed by atoms with Crippen LogP contribution in [0.25, 0.3) is 0 Å². The van der Waals surface area contributed by atoms with E-state index in [0.717, 1.165) is 68.0 Å². The average Bonchev–Trinajstić information content (AvgIpc) is 2.96. The van der Waals surface area contributed by atoms with Crippen molar-refractivity contribution in [3.63, 3.8) is 0 Å². The molecule has 0 radical (unpaired) electrons. The van der Waals surface area contributed by atoms with Gasteiger partial charge in [0.25, 0.3) is 0 Å². The number of hydrogen-bond donors (Lipinski definition) is 3. The van der Waals surface area contributed by atoms with E-state index in [1.165, 1.54) is 17.7 Å². The molecular formula is C33H47F3N6O2S. The standard InChI is InChI=1S/C25H40N6OS.C8H7F3O/c1-6-7-13-27-23(26-5)31-15-11-20(12-16-31)10-14-28-24(32)30-25(33)29-22-17-19(4)8-9-21(22)18(2)3;1-6-2-4-7(5-3-6)12-8(9,10)11/h8-9,13,17-18,20H,6-7,10-12,14-16H2,1-5H3,(H3,28,29,30,32,33);2-5H,1H3/b26-23?,27-13-;. The molecular weight excluding hydrogens is 601 g/mol. The Morgan fingerprint density at radius 1 is 1.11 bits per heavy atom. The van der Waals surface area contributed by atoms with Gasteiger partial charge in [-0.05, 0) is 92.9 Å². The van der Waals surface area contributed by atoms with Gasteiger partial charge in [-0.1, -0.05) is 57.0 Å². The maximum atomic E-state index is 12.3. The number of nitrogens with one attached hydrogen (secondary N) is 3. The summed E-state index contributed by atoms with van der Waals surface area (Å²) in [5.41, 5.74) is 4.15. The number of likely N-dealkylation sites (tertiary alicyclic amines) is 1. The largest absolute Gasteiger partial charge is 0.573 e. The van der Waals surface area contributed by atoms with Crippen LogP contribution in [0.5, 0.6) is 5.75 Å². The normalized spacial score (nSPS) is 14.2. The molecule has 1 aliphatic heterocycles. The van der Waals surface area contributed by atoms with Gasteiger partial charge in [-0.15, -0.1) is 13.2 Å². The Bertz CT molecular complexity index is 1270. The zero-order chi connectivity index (χ0) is 33.4. The van der Waals surface area contributed by atoms with E-state index in [-0.39, 0.29) is 11.8 Å². The summed E-state index contributed by atoms with van der Waals surface area (Å²) in [7, 11) is 1.80. The topological polar surface area (TPSA) is 90.4 Å². The fourth-order valence-electron chi connectivity index (χ4n) is 4.69. The maximum absolute atomic E-state index is 12.3. The van der Waals surface area contributed by atoms with E-state index in [4.69, 9.17) is 12.2 Å². The highest BCUT2D eigenvalue weighted by Crippen LogP contribution is 2.25. The number of aryl methyl sites for hydroxylation is 2. The van der Waals surface area contributed by atoms with E-state index in [2.05, 4.69) is 74.5 Å². The second kappa shape index (κ2) is 19.0. The number of rotatable bonds is 8. The van der Waals surface area contributed by atoms with Crippen LogP contribution in [-0.4, -0.2) is 61.3 Å². The monoisotopic (exact) mass is 648 g/mol. The summed E-state index contributed by atoms with van der Waals surface area (Å²) >= 11 is 5.35. The first-order chi connectivity index (χ1) is 21.3. The molecule has 1 heterocycles. The number of carbonyl (C=O) groups excluding carboxylic acids is 1. The summed E-state index contributed by atoms with van der Waals surface area (Å²) in [6, 6.07) is 11.6. The van der Waals surface area contributed by atoms with Gasteiger partial charge in [-0.2, -0.15) is 0 Å². The average molecular weight is 649 g/mol. The van der Waals surface area contributed by atoms with Crippen molar-refractivity contribution >= 4 is 41.2 Å². The third kappa shape index (κ3) is 14.8. The minimum absolute atomic E-state index is 0.187. The lowest BCUT2D eigenvalue weighted by Crippen LogP contribution is -2.43. The number of urea groups is 1. The number of benzene rings is 2. The fraction of sp³-hybridized carbons (Fsp3) is 0.515. The minimum atomic E-state index is -4.60. The Morgan fingerprint density at radius 2 is 1.76 bits per heavy atom. The summed E-state index contributed by atoms with van der Waals surface area (Å²) in [4.78, 5) is 23.4. The number of amides is 2. The lowest BCUT2D eigenvalue weighted by Gasteiger charge is -2.32. The number of nitrogens with zero attached hydrogens (tertiary/aromatic N) is 3. The van der Waals surface area contributed by atoms with Crippen molar-refractivity contribution in [1.82, 2.24) is 15.5 Å². The molecule has 248 valence electrons. The number of halogens is 3. The van der Waals surface area contributed by atoms with Crippen molar-refractivity contribution in [2.45, 2.75) is 79.0 Å². The molecule has 3 rings (SSSR count). The van der Waals surface area contributed by atoms with Crippen LogP contribution in [0.1, 0.15) is 75.5 Å². The van der Waals surface area contributed by atoms with E-state index in [9.17, 15) is 18.0 Å². The van der Waals surface area contributed by atoms with Crippen molar-refractivity contribution in [2.75, 3.05) is 32.0 Å². The van der Waals surface area contributed by atoms with Crippen molar-refractivity contribution in [2.24, 2.45) is 15.9 Å². The highest BCUT2D eigenvalue weighted by atomic mass is 32.1. The summed E-state index contributed by atoms with van der Waals surface area (Å²) in [5, 5.41) is 9.16. The Hall–Kier alpha value is -3.67. The van der Waals surface area contributed by atoms with Crippen LogP contribution in [0.2, 0.25) is 0 Å². The number of anilines is 1. The van der Waals surface area contributed by atoms with E-state index in [1.807, 2.05) is 13.1 Å². The third-order valence-electron chi connectivity index (χ3n) is 7.12. The maximum Gasteiger partial charge on any atom is 0.573 e. The number of guanidine groups is 1. The molecule has 0 saturated carbocycles. The number of aliphatic imine (C=N–C) groups is 2. The van der Waals surface area contributed by atoms with Gasteiger partial charge >= 0.3 is 12.4 Å².